The van der Waals surface area contributed by atoms with Crippen LogP contribution in [0.15, 0.2) is 29.2 Å². The Kier molecular flexibility index (Phi) is 8.51. The second-order valence-electron chi connectivity index (χ2n) is 11.3. The van der Waals surface area contributed by atoms with Crippen molar-refractivity contribution in [3.05, 3.63) is 47.2 Å². The molecule has 0 spiro atoms. The number of hydrogen-bond donors (Lipinski definition) is 2. The Bertz CT molecular complexity index is 1410. The normalized spacial score (nSPS) is 19.0. The SMILES string of the molecule is CCCC(=O)N[C@@H](c1cnn2cc([C@@H](NC(=O)c3conc3CCC(F)(F)F)C3CCC(F)(F)CC3)nc2c1)C1CC1. The van der Waals surface area contributed by atoms with Crippen molar-refractivity contribution in [3.8, 4) is 0 Å². The molecule has 42 heavy (non-hydrogen) atoms. The molecule has 0 bridgehead atoms. The fourth-order valence-corrected chi connectivity index (χ4v) is 5.54. The number of nitrogens with one attached hydrogen (secondary N) is 2. The Morgan fingerprint density at radius 1 is 1.12 bits per heavy atom. The first kappa shape index (κ1) is 29.9. The van der Waals surface area contributed by atoms with Crippen LogP contribution in [0.25, 0.3) is 5.65 Å². The molecule has 2 atom stereocenters. The summed E-state index contributed by atoms with van der Waals surface area (Å²) in [6.45, 7) is 1.93. The van der Waals surface area contributed by atoms with Gasteiger partial charge in [-0.15, -0.1) is 0 Å². The van der Waals surface area contributed by atoms with Gasteiger partial charge in [0.05, 0.1) is 35.9 Å². The molecule has 0 saturated heterocycles. The number of nitrogens with zero attached hydrogens (tertiary/aromatic N) is 4. The van der Waals surface area contributed by atoms with Crippen molar-refractivity contribution in [3.63, 3.8) is 0 Å². The summed E-state index contributed by atoms with van der Waals surface area (Å²) in [5, 5.41) is 13.9. The summed E-state index contributed by atoms with van der Waals surface area (Å²) >= 11 is 0. The van der Waals surface area contributed by atoms with Gasteiger partial charge < -0.3 is 15.2 Å². The fourth-order valence-electron chi connectivity index (χ4n) is 5.54. The van der Waals surface area contributed by atoms with Gasteiger partial charge in [-0.3, -0.25) is 9.59 Å². The number of rotatable bonds is 11. The summed E-state index contributed by atoms with van der Waals surface area (Å²) in [6.07, 6.45) is 0.706. The van der Waals surface area contributed by atoms with Crippen LogP contribution in [0.2, 0.25) is 0 Å². The molecule has 2 aliphatic rings. The van der Waals surface area contributed by atoms with Gasteiger partial charge in [0, 0.05) is 32.1 Å². The first-order chi connectivity index (χ1) is 19.9. The minimum Gasteiger partial charge on any atom is -0.364 e. The quantitative estimate of drug-likeness (QED) is 0.268. The number of amides is 2. The van der Waals surface area contributed by atoms with Gasteiger partial charge in [-0.05, 0) is 55.6 Å². The number of carbonyl (C=O) groups excluding carboxylic acids is 2. The van der Waals surface area contributed by atoms with E-state index in [4.69, 9.17) is 4.52 Å². The predicted octanol–water partition coefficient (Wildman–Crippen LogP) is 5.88. The molecule has 2 aliphatic carbocycles. The summed E-state index contributed by atoms with van der Waals surface area (Å²) in [4.78, 5) is 30.3. The van der Waals surface area contributed by atoms with Crippen LogP contribution in [0.3, 0.4) is 0 Å². The highest BCUT2D eigenvalue weighted by Crippen LogP contribution is 2.43. The van der Waals surface area contributed by atoms with Crippen molar-refractivity contribution >= 4 is 17.5 Å². The van der Waals surface area contributed by atoms with Crippen LogP contribution >= 0.6 is 0 Å². The Hall–Kier alpha value is -3.58. The summed E-state index contributed by atoms with van der Waals surface area (Å²) < 4.78 is 72.7. The minimum atomic E-state index is -4.44. The van der Waals surface area contributed by atoms with Crippen molar-refractivity contribution in [1.82, 2.24) is 30.4 Å². The number of aromatic nitrogens is 4. The maximum absolute atomic E-state index is 14.0. The molecule has 0 unspecified atom stereocenters. The monoisotopic (exact) mass is 596 g/mol. The topological polar surface area (TPSA) is 114 Å². The molecule has 5 rings (SSSR count). The van der Waals surface area contributed by atoms with Gasteiger partial charge in [-0.25, -0.2) is 18.3 Å². The highest BCUT2D eigenvalue weighted by molar-refractivity contribution is 5.95. The van der Waals surface area contributed by atoms with Gasteiger partial charge >= 0.3 is 6.18 Å². The first-order valence-corrected chi connectivity index (χ1v) is 14.3. The van der Waals surface area contributed by atoms with E-state index in [1.165, 1.54) is 4.52 Å². The van der Waals surface area contributed by atoms with Crippen molar-refractivity contribution < 1.29 is 36.1 Å². The minimum absolute atomic E-state index is 0.0430. The number of alkyl halides is 5. The third-order valence-electron chi connectivity index (χ3n) is 7.98. The highest BCUT2D eigenvalue weighted by Gasteiger charge is 2.40. The molecular formula is C28H33F5N6O3. The van der Waals surface area contributed by atoms with E-state index < -0.39 is 42.8 Å². The molecule has 3 aromatic rings. The van der Waals surface area contributed by atoms with Gasteiger partial charge in [0.15, 0.2) is 5.65 Å². The molecule has 0 radical (unpaired) electrons. The molecule has 9 nitrogen and oxygen atoms in total. The molecule has 14 heteroatoms. The van der Waals surface area contributed by atoms with E-state index in [-0.39, 0.29) is 48.9 Å². The largest absolute Gasteiger partial charge is 0.389 e. The van der Waals surface area contributed by atoms with Gasteiger partial charge in [0.25, 0.3) is 5.91 Å². The first-order valence-electron chi connectivity index (χ1n) is 14.3. The number of hydrogen-bond acceptors (Lipinski definition) is 6. The molecule has 0 aromatic carbocycles. The standard InChI is InChI=1S/C28H33F5N6O3/c1-2-3-23(40)36-24(16-4-5-16)18-12-22-35-21(14-39(22)34-13-18)25(17-6-9-27(29,30)10-7-17)37-26(41)19-15-42-38-20(19)8-11-28(31,32)33/h12-17,24-25H,2-11H2,1H3,(H,36,40)(H,37,41)/t24-,25+/m1/s1. The van der Waals surface area contributed by atoms with E-state index in [9.17, 15) is 31.5 Å². The Balaban J connectivity index is 1.41. The summed E-state index contributed by atoms with van der Waals surface area (Å²) in [5.41, 5.74) is 1.34. The molecular weight excluding hydrogens is 563 g/mol. The van der Waals surface area contributed by atoms with E-state index in [0.717, 1.165) is 31.1 Å². The molecule has 2 amide bonds. The third-order valence-corrected chi connectivity index (χ3v) is 7.98. The van der Waals surface area contributed by atoms with Gasteiger partial charge in [-0.1, -0.05) is 12.1 Å². The maximum Gasteiger partial charge on any atom is 0.389 e. The Morgan fingerprint density at radius 3 is 2.50 bits per heavy atom. The zero-order valence-electron chi connectivity index (χ0n) is 23.1. The van der Waals surface area contributed by atoms with Crippen LogP contribution in [0.1, 0.15) is 104 Å². The lowest BCUT2D eigenvalue weighted by atomic mass is 9.81. The van der Waals surface area contributed by atoms with Crippen LogP contribution in [0.5, 0.6) is 0 Å². The lowest BCUT2D eigenvalue weighted by Gasteiger charge is -2.33. The lowest BCUT2D eigenvalue weighted by Crippen LogP contribution is -2.37. The van der Waals surface area contributed by atoms with Gasteiger partial charge in [0.1, 0.15) is 11.8 Å². The van der Waals surface area contributed by atoms with E-state index in [1.54, 1.807) is 12.4 Å². The molecule has 228 valence electrons. The summed E-state index contributed by atoms with van der Waals surface area (Å²) in [5.74, 6) is -3.67. The average Bonchev–Trinajstić information content (AvgIpc) is 3.49. The Morgan fingerprint density at radius 2 is 1.83 bits per heavy atom. The molecule has 3 heterocycles. The van der Waals surface area contributed by atoms with Crippen molar-refractivity contribution in [2.75, 3.05) is 0 Å². The number of aryl methyl sites for hydroxylation is 1. The third kappa shape index (κ3) is 7.24. The van der Waals surface area contributed by atoms with Crippen molar-refractivity contribution in [2.45, 2.75) is 95.3 Å². The van der Waals surface area contributed by atoms with Crippen LogP contribution < -0.4 is 10.6 Å². The molecule has 2 fully saturated rings. The fraction of sp³-hybridized carbons (Fsp3) is 0.607. The smallest absolute Gasteiger partial charge is 0.364 e. The van der Waals surface area contributed by atoms with Crippen LogP contribution in [-0.2, 0) is 11.2 Å². The predicted molar refractivity (Wildman–Crippen MR) is 139 cm³/mol. The number of halogens is 5. The maximum atomic E-state index is 14.0. The van der Waals surface area contributed by atoms with Crippen molar-refractivity contribution in [2.24, 2.45) is 11.8 Å². The van der Waals surface area contributed by atoms with Crippen molar-refractivity contribution in [1.29, 1.82) is 0 Å². The van der Waals surface area contributed by atoms with E-state index in [1.807, 2.05) is 13.0 Å². The Labute approximate surface area is 238 Å². The number of imidazole rings is 1. The average molecular weight is 597 g/mol. The van der Waals surface area contributed by atoms with E-state index in [2.05, 4.69) is 25.9 Å². The molecule has 2 saturated carbocycles. The highest BCUT2D eigenvalue weighted by atomic mass is 19.4. The summed E-state index contributed by atoms with van der Waals surface area (Å²) in [7, 11) is 0. The molecule has 3 aromatic heterocycles. The van der Waals surface area contributed by atoms with Crippen LogP contribution in [-0.4, -0.2) is 43.7 Å². The number of carbonyl (C=O) groups is 2. The summed E-state index contributed by atoms with van der Waals surface area (Å²) in [6, 6.07) is 0.795. The van der Waals surface area contributed by atoms with E-state index in [0.29, 0.717) is 23.7 Å². The molecule has 0 aliphatic heterocycles. The zero-order valence-corrected chi connectivity index (χ0v) is 23.1. The van der Waals surface area contributed by atoms with Crippen LogP contribution in [0.4, 0.5) is 22.0 Å². The van der Waals surface area contributed by atoms with E-state index >= 15 is 0 Å². The number of fused-ring (bicyclic) bond motifs is 1. The lowest BCUT2D eigenvalue weighted by molar-refractivity contribution is -0.134. The van der Waals surface area contributed by atoms with Gasteiger partial charge in [0.2, 0.25) is 11.8 Å². The van der Waals surface area contributed by atoms with Gasteiger partial charge in [-0.2, -0.15) is 18.3 Å². The molecule has 2 N–H and O–H groups in total. The zero-order chi connectivity index (χ0) is 30.1. The van der Waals surface area contributed by atoms with Crippen LogP contribution in [0, 0.1) is 11.8 Å². The second-order valence-corrected chi connectivity index (χ2v) is 11.3. The second kappa shape index (κ2) is 12.0.